The summed E-state index contributed by atoms with van der Waals surface area (Å²) in [7, 11) is 0. The van der Waals surface area contributed by atoms with Crippen LogP contribution in [-0.4, -0.2) is 30.7 Å². The molecule has 0 heterocycles. The Labute approximate surface area is 177 Å². The van der Waals surface area contributed by atoms with Gasteiger partial charge in [-0.3, -0.25) is 0 Å². The van der Waals surface area contributed by atoms with Gasteiger partial charge in [0.25, 0.3) is 0 Å². The van der Waals surface area contributed by atoms with E-state index in [0.717, 1.165) is 0 Å². The van der Waals surface area contributed by atoms with Crippen molar-refractivity contribution < 1.29 is 21.5 Å². The second-order valence-electron chi connectivity index (χ2n) is 12.0. The molecule has 0 rings (SSSR count). The second kappa shape index (κ2) is 11.9. The lowest BCUT2D eigenvalue weighted by Crippen LogP contribution is -3.00. The minimum atomic E-state index is 0. The standard InChI is InChI=1S/C24H50N.BrH/c1-11-12-13-14-15-16-17-18-25(19-22(2,3)4,20-23(5,6)7)21-24(8,9)10;/h16-17H,11-15,18-21H2,1-10H3;1H/q+1;/p-1/b17-16+;. The normalized spacial score (nSPS) is 13.9. The fourth-order valence-corrected chi connectivity index (χ4v) is 4.49. The van der Waals surface area contributed by atoms with Crippen LogP contribution in [0.5, 0.6) is 0 Å². The average Bonchev–Trinajstić information content (AvgIpc) is 2.31. The van der Waals surface area contributed by atoms with Gasteiger partial charge in [-0.1, -0.05) is 94.6 Å². The number of rotatable bonds is 10. The molecule has 0 radical (unpaired) electrons. The molecule has 2 heteroatoms. The lowest BCUT2D eigenvalue weighted by molar-refractivity contribution is -0.939. The number of unbranched alkanes of at least 4 members (excludes halogenated alkanes) is 4. The first-order valence-electron chi connectivity index (χ1n) is 10.7. The summed E-state index contributed by atoms with van der Waals surface area (Å²) in [6.07, 6.45) is 11.6. The summed E-state index contributed by atoms with van der Waals surface area (Å²) in [5.74, 6) is 0. The molecular formula is C24H50BrN. The Morgan fingerprint density at radius 3 is 1.38 bits per heavy atom. The molecule has 0 amide bonds. The largest absolute Gasteiger partial charge is 1.00 e. The molecule has 0 aromatic rings. The number of halogens is 1. The molecule has 0 saturated carbocycles. The van der Waals surface area contributed by atoms with Gasteiger partial charge in [0.05, 0.1) is 26.2 Å². The number of hydrogen-bond donors (Lipinski definition) is 0. The predicted octanol–water partition coefficient (Wildman–Crippen LogP) is 4.47. The van der Waals surface area contributed by atoms with Gasteiger partial charge in [-0.25, -0.2) is 0 Å². The SMILES string of the molecule is CCCCCC/C=C/C[N+](CC(C)(C)C)(CC(C)(C)C)CC(C)(C)C.[Br-]. The van der Waals surface area contributed by atoms with Crippen molar-refractivity contribution in [3.05, 3.63) is 12.2 Å². The first-order valence-corrected chi connectivity index (χ1v) is 10.7. The summed E-state index contributed by atoms with van der Waals surface area (Å²) in [6, 6.07) is 0. The van der Waals surface area contributed by atoms with Crippen LogP contribution >= 0.6 is 0 Å². The van der Waals surface area contributed by atoms with Crippen molar-refractivity contribution >= 4 is 0 Å². The first kappa shape index (κ1) is 28.4. The van der Waals surface area contributed by atoms with E-state index in [0.29, 0.717) is 16.2 Å². The van der Waals surface area contributed by atoms with Crippen molar-refractivity contribution in [1.29, 1.82) is 0 Å². The van der Waals surface area contributed by atoms with Crippen LogP contribution in [0.2, 0.25) is 0 Å². The van der Waals surface area contributed by atoms with Crippen LogP contribution in [0.25, 0.3) is 0 Å². The van der Waals surface area contributed by atoms with Gasteiger partial charge in [0.2, 0.25) is 0 Å². The Bertz CT molecular complexity index is 336. The fraction of sp³-hybridized carbons (Fsp3) is 0.917. The van der Waals surface area contributed by atoms with E-state index >= 15 is 0 Å². The predicted molar refractivity (Wildman–Crippen MR) is 116 cm³/mol. The highest BCUT2D eigenvalue weighted by atomic mass is 79.9. The number of allylic oxidation sites excluding steroid dienone is 1. The highest BCUT2D eigenvalue weighted by Gasteiger charge is 2.38. The molecule has 0 saturated heterocycles. The molecule has 0 N–H and O–H groups in total. The van der Waals surface area contributed by atoms with E-state index in [1.165, 1.54) is 62.8 Å². The summed E-state index contributed by atoms with van der Waals surface area (Å²) in [5.41, 5.74) is 1.06. The second-order valence-corrected chi connectivity index (χ2v) is 12.0. The smallest absolute Gasteiger partial charge is 0.0974 e. The van der Waals surface area contributed by atoms with Gasteiger partial charge in [0.1, 0.15) is 0 Å². The molecule has 1 nitrogen and oxygen atoms in total. The first-order chi connectivity index (χ1) is 11.2. The van der Waals surface area contributed by atoms with Crippen LogP contribution in [0.4, 0.5) is 0 Å². The van der Waals surface area contributed by atoms with Crippen molar-refractivity contribution in [2.75, 3.05) is 26.2 Å². The van der Waals surface area contributed by atoms with E-state index in [-0.39, 0.29) is 17.0 Å². The van der Waals surface area contributed by atoms with Gasteiger partial charge in [-0.2, -0.15) is 0 Å². The van der Waals surface area contributed by atoms with E-state index in [1.807, 2.05) is 0 Å². The fourth-order valence-electron chi connectivity index (χ4n) is 4.49. The van der Waals surface area contributed by atoms with Gasteiger partial charge in [0, 0.05) is 16.2 Å². The summed E-state index contributed by atoms with van der Waals surface area (Å²) in [6.45, 7) is 28.8. The lowest BCUT2D eigenvalue weighted by atomic mass is 9.86. The van der Waals surface area contributed by atoms with Gasteiger partial charge >= 0.3 is 0 Å². The van der Waals surface area contributed by atoms with Crippen LogP contribution < -0.4 is 17.0 Å². The molecule has 0 aromatic heterocycles. The zero-order valence-corrected chi connectivity index (χ0v) is 21.4. The van der Waals surface area contributed by atoms with Crippen LogP contribution in [0.1, 0.15) is 101 Å². The number of quaternary nitrogens is 1. The molecule has 0 aliphatic rings. The van der Waals surface area contributed by atoms with Crippen molar-refractivity contribution in [2.45, 2.75) is 101 Å². The maximum absolute atomic E-state index is 2.50. The molecule has 0 aliphatic carbocycles. The van der Waals surface area contributed by atoms with Crippen molar-refractivity contribution in [3.63, 3.8) is 0 Å². The highest BCUT2D eigenvalue weighted by Crippen LogP contribution is 2.32. The van der Waals surface area contributed by atoms with E-state index in [2.05, 4.69) is 81.4 Å². The third-order valence-electron chi connectivity index (χ3n) is 4.31. The summed E-state index contributed by atoms with van der Waals surface area (Å²) in [5, 5.41) is 0. The van der Waals surface area contributed by atoms with Crippen LogP contribution in [-0.2, 0) is 0 Å². The van der Waals surface area contributed by atoms with Gasteiger partial charge in [-0.05, 0) is 18.9 Å². The Balaban J connectivity index is 0. The Morgan fingerprint density at radius 1 is 0.615 bits per heavy atom. The lowest BCUT2D eigenvalue weighted by Gasteiger charge is -2.48. The minimum Gasteiger partial charge on any atom is -1.00 e. The Hall–Kier alpha value is 0.180. The third kappa shape index (κ3) is 16.4. The molecule has 0 unspecified atom stereocenters. The molecule has 0 fully saturated rings. The molecule has 0 aromatic carbocycles. The average molecular weight is 433 g/mol. The molecule has 0 bridgehead atoms. The minimum absolute atomic E-state index is 0. The zero-order valence-electron chi connectivity index (χ0n) is 19.8. The Morgan fingerprint density at radius 2 is 1.04 bits per heavy atom. The molecule has 0 spiro atoms. The summed E-state index contributed by atoms with van der Waals surface area (Å²) < 4.78 is 1.21. The van der Waals surface area contributed by atoms with Crippen molar-refractivity contribution in [3.8, 4) is 0 Å². The molecule has 26 heavy (non-hydrogen) atoms. The quantitative estimate of drug-likeness (QED) is 0.271. The van der Waals surface area contributed by atoms with E-state index < -0.39 is 0 Å². The number of hydrogen-bond acceptors (Lipinski definition) is 0. The molecule has 0 aliphatic heterocycles. The maximum atomic E-state index is 2.50. The van der Waals surface area contributed by atoms with Gasteiger partial charge in [-0.15, -0.1) is 0 Å². The van der Waals surface area contributed by atoms with Crippen LogP contribution in [0, 0.1) is 16.2 Å². The number of nitrogens with zero attached hydrogens (tertiary/aromatic N) is 1. The summed E-state index contributed by atoms with van der Waals surface area (Å²) >= 11 is 0. The molecular weight excluding hydrogens is 382 g/mol. The molecule has 158 valence electrons. The van der Waals surface area contributed by atoms with E-state index in [1.54, 1.807) is 0 Å². The van der Waals surface area contributed by atoms with E-state index in [9.17, 15) is 0 Å². The maximum Gasteiger partial charge on any atom is 0.0974 e. The van der Waals surface area contributed by atoms with Crippen molar-refractivity contribution in [1.82, 2.24) is 0 Å². The zero-order chi connectivity index (χ0) is 19.8. The topological polar surface area (TPSA) is 0 Å². The van der Waals surface area contributed by atoms with E-state index in [4.69, 9.17) is 0 Å². The molecule has 0 atom stereocenters. The van der Waals surface area contributed by atoms with Crippen LogP contribution in [0.15, 0.2) is 12.2 Å². The third-order valence-corrected chi connectivity index (χ3v) is 4.31. The summed E-state index contributed by atoms with van der Waals surface area (Å²) in [4.78, 5) is 0. The monoisotopic (exact) mass is 431 g/mol. The Kier molecular flexibility index (Phi) is 13.0. The van der Waals surface area contributed by atoms with Crippen molar-refractivity contribution in [2.24, 2.45) is 16.2 Å². The van der Waals surface area contributed by atoms with Gasteiger partial charge in [0.15, 0.2) is 0 Å². The van der Waals surface area contributed by atoms with Crippen LogP contribution in [0.3, 0.4) is 0 Å². The van der Waals surface area contributed by atoms with Gasteiger partial charge < -0.3 is 21.5 Å². The highest BCUT2D eigenvalue weighted by molar-refractivity contribution is 4.84.